The number of benzene rings is 1. The highest BCUT2D eigenvalue weighted by molar-refractivity contribution is 7.90. The second-order valence-corrected chi connectivity index (χ2v) is 5.36. The van der Waals surface area contributed by atoms with Crippen LogP contribution in [-0.2, 0) is 15.6 Å². The number of hydrogen-bond donors (Lipinski definition) is 2. The maximum absolute atomic E-state index is 12.6. The predicted molar refractivity (Wildman–Crippen MR) is 60.4 cm³/mol. The second-order valence-electron chi connectivity index (χ2n) is 3.25. The van der Waals surface area contributed by atoms with Gasteiger partial charge in [-0.05, 0) is 17.7 Å². The van der Waals surface area contributed by atoms with Crippen molar-refractivity contribution in [2.45, 2.75) is 5.75 Å². The van der Waals surface area contributed by atoms with Gasteiger partial charge in [-0.25, -0.2) is 12.8 Å². The van der Waals surface area contributed by atoms with Crippen LogP contribution in [0.5, 0.6) is 0 Å². The zero-order valence-electron chi connectivity index (χ0n) is 8.56. The molecule has 0 unspecified atom stereocenters. The molecular weight excluding hydrogens is 231 g/mol. The van der Waals surface area contributed by atoms with Gasteiger partial charge in [0.25, 0.3) is 0 Å². The topological polar surface area (TPSA) is 72.2 Å². The summed E-state index contributed by atoms with van der Waals surface area (Å²) in [5.74, 6) is 4.36. The number of sulfone groups is 1. The van der Waals surface area contributed by atoms with Crippen LogP contribution in [0, 0.1) is 5.82 Å². The fraction of sp³-hybridized carbons (Fsp3) is 0.200. The first-order valence-corrected chi connectivity index (χ1v) is 6.41. The summed E-state index contributed by atoms with van der Waals surface area (Å²) in [7, 11) is -3.22. The molecule has 0 fully saturated rings. The van der Waals surface area contributed by atoms with Gasteiger partial charge in [-0.2, -0.15) is 0 Å². The molecule has 6 heteroatoms. The van der Waals surface area contributed by atoms with Crippen molar-refractivity contribution < 1.29 is 12.8 Å². The van der Waals surface area contributed by atoms with Crippen molar-refractivity contribution in [1.29, 1.82) is 0 Å². The van der Waals surface area contributed by atoms with Crippen LogP contribution in [-0.4, -0.2) is 14.2 Å². The Morgan fingerprint density at radius 3 is 2.50 bits per heavy atom. The van der Waals surface area contributed by atoms with Crippen molar-refractivity contribution in [3.63, 3.8) is 0 Å². The minimum Gasteiger partial charge on any atom is -0.332 e. The summed E-state index contributed by atoms with van der Waals surface area (Å²) < 4.78 is 35.7. The van der Waals surface area contributed by atoms with E-state index in [-0.39, 0.29) is 17.3 Å². The minimum atomic E-state index is -3.22. The van der Waals surface area contributed by atoms with E-state index >= 15 is 0 Å². The average molecular weight is 244 g/mol. The molecule has 0 saturated heterocycles. The Morgan fingerprint density at radius 2 is 1.94 bits per heavy atom. The fourth-order valence-corrected chi connectivity index (χ4v) is 2.36. The Kier molecular flexibility index (Phi) is 4.45. The van der Waals surface area contributed by atoms with E-state index in [0.29, 0.717) is 5.56 Å². The van der Waals surface area contributed by atoms with Crippen molar-refractivity contribution in [3.05, 3.63) is 47.9 Å². The van der Waals surface area contributed by atoms with E-state index in [9.17, 15) is 12.8 Å². The summed E-state index contributed by atoms with van der Waals surface area (Å²) in [6.45, 7) is 0. The van der Waals surface area contributed by atoms with Crippen LogP contribution in [0.2, 0.25) is 0 Å². The smallest absolute Gasteiger partial charge is 0.158 e. The molecule has 0 amide bonds. The lowest BCUT2D eigenvalue weighted by Crippen LogP contribution is -2.14. The van der Waals surface area contributed by atoms with Crippen LogP contribution in [0.4, 0.5) is 4.39 Å². The van der Waals surface area contributed by atoms with Crippen LogP contribution < -0.4 is 11.3 Å². The van der Waals surface area contributed by atoms with E-state index in [2.05, 4.69) is 5.43 Å². The molecule has 0 aliphatic heterocycles. The molecule has 0 spiro atoms. The van der Waals surface area contributed by atoms with Gasteiger partial charge in [0, 0.05) is 6.20 Å². The molecule has 0 atom stereocenters. The highest BCUT2D eigenvalue weighted by atomic mass is 32.2. The number of nitrogens with two attached hydrogens (primary N) is 1. The normalized spacial score (nSPS) is 11.9. The molecule has 1 aromatic rings. The van der Waals surface area contributed by atoms with Gasteiger partial charge in [-0.3, -0.25) is 5.84 Å². The lowest BCUT2D eigenvalue weighted by Gasteiger charge is -2.01. The highest BCUT2D eigenvalue weighted by Gasteiger charge is 2.09. The zero-order valence-corrected chi connectivity index (χ0v) is 9.37. The molecule has 1 rings (SSSR count). The van der Waals surface area contributed by atoms with Crippen molar-refractivity contribution in [3.8, 4) is 0 Å². The first-order chi connectivity index (χ1) is 7.53. The van der Waals surface area contributed by atoms with Gasteiger partial charge in [-0.15, -0.1) is 0 Å². The van der Waals surface area contributed by atoms with E-state index in [0.717, 1.165) is 0 Å². The van der Waals surface area contributed by atoms with E-state index in [1.165, 1.54) is 36.5 Å². The number of nitrogens with one attached hydrogen (secondary N) is 1. The molecule has 3 N–H and O–H groups in total. The molecule has 0 heterocycles. The average Bonchev–Trinajstić information content (AvgIpc) is 2.21. The molecule has 16 heavy (non-hydrogen) atoms. The first kappa shape index (κ1) is 12.7. The molecular formula is C10H13FN2O2S. The second kappa shape index (κ2) is 5.62. The zero-order chi connectivity index (χ0) is 12.0. The monoisotopic (exact) mass is 244 g/mol. The maximum atomic E-state index is 12.6. The van der Waals surface area contributed by atoms with E-state index < -0.39 is 9.84 Å². The lowest BCUT2D eigenvalue weighted by molar-refractivity contribution is 0.597. The van der Waals surface area contributed by atoms with E-state index in [1.54, 1.807) is 0 Å². The van der Waals surface area contributed by atoms with Gasteiger partial charge in [-0.1, -0.05) is 18.2 Å². The summed E-state index contributed by atoms with van der Waals surface area (Å²) in [6.07, 6.45) is 2.76. The summed E-state index contributed by atoms with van der Waals surface area (Å²) in [4.78, 5) is 0. The Hall–Kier alpha value is -1.40. The third kappa shape index (κ3) is 4.41. The molecule has 0 bridgehead atoms. The van der Waals surface area contributed by atoms with Gasteiger partial charge < -0.3 is 5.43 Å². The van der Waals surface area contributed by atoms with Crippen molar-refractivity contribution in [2.75, 3.05) is 5.75 Å². The van der Waals surface area contributed by atoms with Gasteiger partial charge in [0.15, 0.2) is 9.84 Å². The molecule has 0 aliphatic carbocycles. The van der Waals surface area contributed by atoms with Gasteiger partial charge >= 0.3 is 0 Å². The predicted octanol–water partition coefficient (Wildman–Crippen LogP) is 0.718. The Balaban J connectivity index is 2.65. The van der Waals surface area contributed by atoms with Gasteiger partial charge in [0.2, 0.25) is 0 Å². The van der Waals surface area contributed by atoms with E-state index in [1.807, 2.05) is 0 Å². The first-order valence-electron chi connectivity index (χ1n) is 4.59. The molecule has 0 saturated carbocycles. The molecule has 4 nitrogen and oxygen atoms in total. The fourth-order valence-electron chi connectivity index (χ4n) is 1.16. The molecule has 1 aromatic carbocycles. The Bertz CT molecular complexity index is 454. The molecule has 0 aliphatic rings. The third-order valence-electron chi connectivity index (χ3n) is 1.86. The maximum Gasteiger partial charge on any atom is 0.158 e. The van der Waals surface area contributed by atoms with Crippen molar-refractivity contribution in [1.82, 2.24) is 5.43 Å². The van der Waals surface area contributed by atoms with Gasteiger partial charge in [0.05, 0.1) is 11.5 Å². The Morgan fingerprint density at radius 1 is 1.31 bits per heavy atom. The highest BCUT2D eigenvalue weighted by Crippen LogP contribution is 2.08. The summed E-state index contributed by atoms with van der Waals surface area (Å²) >= 11 is 0. The summed E-state index contributed by atoms with van der Waals surface area (Å²) in [6, 6.07) is 5.39. The van der Waals surface area contributed by atoms with Crippen LogP contribution in [0.1, 0.15) is 5.56 Å². The molecule has 88 valence electrons. The van der Waals surface area contributed by atoms with Crippen molar-refractivity contribution >= 4 is 9.84 Å². The SMILES string of the molecule is NNC=CCS(=O)(=O)Cc1ccc(F)cc1. The third-order valence-corrected chi connectivity index (χ3v) is 3.34. The van der Waals surface area contributed by atoms with Crippen LogP contribution >= 0.6 is 0 Å². The lowest BCUT2D eigenvalue weighted by atomic mass is 10.2. The Labute approximate surface area is 93.9 Å². The minimum absolute atomic E-state index is 0.103. The van der Waals surface area contributed by atoms with Crippen LogP contribution in [0.15, 0.2) is 36.5 Å². The standard InChI is InChI=1S/C10H13FN2O2S/c11-10-4-2-9(3-5-10)8-16(14,15)7-1-6-13-12/h1-6,13H,7-8,12H2. The number of hydrogen-bond acceptors (Lipinski definition) is 4. The van der Waals surface area contributed by atoms with Gasteiger partial charge in [0.1, 0.15) is 5.82 Å². The quantitative estimate of drug-likeness (QED) is 0.591. The van der Waals surface area contributed by atoms with Crippen LogP contribution in [0.3, 0.4) is 0 Å². The summed E-state index contributed by atoms with van der Waals surface area (Å²) in [5.41, 5.74) is 2.78. The number of rotatable bonds is 5. The molecule has 0 aromatic heterocycles. The largest absolute Gasteiger partial charge is 0.332 e. The number of halogens is 1. The molecule has 0 radical (unpaired) electrons. The van der Waals surface area contributed by atoms with Crippen LogP contribution in [0.25, 0.3) is 0 Å². The van der Waals surface area contributed by atoms with E-state index in [4.69, 9.17) is 5.84 Å². The number of hydrazine groups is 1. The van der Waals surface area contributed by atoms with Crippen molar-refractivity contribution in [2.24, 2.45) is 5.84 Å². The summed E-state index contributed by atoms with van der Waals surface area (Å²) in [5, 5.41) is 0.